The van der Waals surface area contributed by atoms with Crippen LogP contribution in [0.2, 0.25) is 0 Å². The number of amides is 1. The highest BCUT2D eigenvalue weighted by Gasteiger charge is 2.24. The summed E-state index contributed by atoms with van der Waals surface area (Å²) in [6, 6.07) is 7.87. The topological polar surface area (TPSA) is 54.9 Å². The largest absolute Gasteiger partial charge is 0.348 e. The molecule has 0 spiro atoms. The van der Waals surface area contributed by atoms with Crippen LogP contribution in [0, 0.1) is 0 Å². The van der Waals surface area contributed by atoms with Crippen LogP contribution in [0.3, 0.4) is 0 Å². The van der Waals surface area contributed by atoms with Crippen LogP contribution >= 0.6 is 0 Å². The minimum Gasteiger partial charge on any atom is -0.348 e. The molecule has 2 aromatic heterocycles. The van der Waals surface area contributed by atoms with Crippen LogP contribution in [0.4, 0.5) is 0 Å². The molecule has 0 atom stereocenters. The molecule has 1 aliphatic rings. The first-order valence-electron chi connectivity index (χ1n) is 6.00. The average molecular weight is 239 g/mol. The third-order valence-corrected chi connectivity index (χ3v) is 2.90. The predicted octanol–water partition coefficient (Wildman–Crippen LogP) is 2.04. The lowest BCUT2D eigenvalue weighted by atomic mass is 10.1. The summed E-state index contributed by atoms with van der Waals surface area (Å²) in [7, 11) is 0. The van der Waals surface area contributed by atoms with E-state index in [-0.39, 0.29) is 5.91 Å². The van der Waals surface area contributed by atoms with E-state index < -0.39 is 0 Å². The Balaban J connectivity index is 1.86. The van der Waals surface area contributed by atoms with Crippen molar-refractivity contribution >= 4 is 5.91 Å². The van der Waals surface area contributed by atoms with Gasteiger partial charge in [0.25, 0.3) is 5.91 Å². The lowest BCUT2D eigenvalue weighted by Crippen LogP contribution is -2.26. The van der Waals surface area contributed by atoms with Gasteiger partial charge in [-0.25, -0.2) is 0 Å². The number of hydrogen-bond donors (Lipinski definition) is 1. The lowest BCUT2D eigenvalue weighted by Gasteiger charge is -2.05. The molecule has 0 saturated heterocycles. The zero-order chi connectivity index (χ0) is 12.4. The van der Waals surface area contributed by atoms with Crippen LogP contribution in [0.15, 0.2) is 42.9 Å². The highest BCUT2D eigenvalue weighted by atomic mass is 16.2. The van der Waals surface area contributed by atoms with Gasteiger partial charge in [-0.2, -0.15) is 0 Å². The first-order chi connectivity index (χ1) is 8.83. The molecule has 4 nitrogen and oxygen atoms in total. The van der Waals surface area contributed by atoms with Gasteiger partial charge < -0.3 is 5.32 Å². The molecule has 0 bridgehead atoms. The molecule has 0 aromatic carbocycles. The second-order valence-corrected chi connectivity index (χ2v) is 4.42. The van der Waals surface area contributed by atoms with E-state index in [1.165, 1.54) is 0 Å². The summed E-state index contributed by atoms with van der Waals surface area (Å²) in [5, 5.41) is 2.93. The summed E-state index contributed by atoms with van der Waals surface area (Å²) < 4.78 is 0. The van der Waals surface area contributed by atoms with Gasteiger partial charge in [0.1, 0.15) is 5.69 Å². The SMILES string of the molecule is O=C(NC1CC1)c1cc(-c2cccnc2)ccn1. The summed E-state index contributed by atoms with van der Waals surface area (Å²) >= 11 is 0. The first-order valence-corrected chi connectivity index (χ1v) is 6.00. The van der Waals surface area contributed by atoms with Crippen molar-refractivity contribution in [2.24, 2.45) is 0 Å². The van der Waals surface area contributed by atoms with E-state index in [0.29, 0.717) is 11.7 Å². The molecule has 18 heavy (non-hydrogen) atoms. The van der Waals surface area contributed by atoms with E-state index in [0.717, 1.165) is 24.0 Å². The molecule has 2 heterocycles. The first kappa shape index (κ1) is 10.9. The minimum absolute atomic E-state index is 0.0942. The van der Waals surface area contributed by atoms with Gasteiger partial charge in [-0.3, -0.25) is 14.8 Å². The van der Waals surface area contributed by atoms with Crippen molar-refractivity contribution in [1.82, 2.24) is 15.3 Å². The minimum atomic E-state index is -0.0942. The number of carbonyl (C=O) groups is 1. The number of pyridine rings is 2. The van der Waals surface area contributed by atoms with Crippen molar-refractivity contribution in [3.8, 4) is 11.1 Å². The molecule has 1 saturated carbocycles. The van der Waals surface area contributed by atoms with E-state index in [9.17, 15) is 4.79 Å². The number of nitrogens with zero attached hydrogens (tertiary/aromatic N) is 2. The van der Waals surface area contributed by atoms with Crippen LogP contribution in [0.5, 0.6) is 0 Å². The molecule has 4 heteroatoms. The summed E-state index contributed by atoms with van der Waals surface area (Å²) in [6.07, 6.45) is 7.32. The fraction of sp³-hybridized carbons (Fsp3) is 0.214. The fourth-order valence-electron chi connectivity index (χ4n) is 1.75. The quantitative estimate of drug-likeness (QED) is 0.891. The van der Waals surface area contributed by atoms with Gasteiger partial charge in [-0.05, 0) is 36.6 Å². The Bertz CT molecular complexity index is 564. The normalized spacial score (nSPS) is 14.2. The molecule has 1 aliphatic carbocycles. The Morgan fingerprint density at radius 3 is 2.83 bits per heavy atom. The summed E-state index contributed by atoms with van der Waals surface area (Å²) in [5.41, 5.74) is 2.41. The highest BCUT2D eigenvalue weighted by Crippen LogP contribution is 2.21. The number of rotatable bonds is 3. The van der Waals surface area contributed by atoms with Crippen molar-refractivity contribution in [3.63, 3.8) is 0 Å². The van der Waals surface area contributed by atoms with Crippen LogP contribution in [0.25, 0.3) is 11.1 Å². The lowest BCUT2D eigenvalue weighted by molar-refractivity contribution is 0.0946. The third-order valence-electron chi connectivity index (χ3n) is 2.90. The third kappa shape index (κ3) is 2.37. The Morgan fingerprint density at radius 2 is 2.11 bits per heavy atom. The summed E-state index contributed by atoms with van der Waals surface area (Å²) in [4.78, 5) is 20.1. The molecular formula is C14H13N3O. The molecule has 90 valence electrons. The average Bonchev–Trinajstić information content (AvgIpc) is 3.24. The van der Waals surface area contributed by atoms with Crippen LogP contribution < -0.4 is 5.32 Å². The van der Waals surface area contributed by atoms with Gasteiger partial charge in [0.15, 0.2) is 0 Å². The van der Waals surface area contributed by atoms with Crippen molar-refractivity contribution < 1.29 is 4.79 Å². The van der Waals surface area contributed by atoms with E-state index in [2.05, 4.69) is 15.3 Å². The van der Waals surface area contributed by atoms with Crippen molar-refractivity contribution in [2.75, 3.05) is 0 Å². The van der Waals surface area contributed by atoms with Crippen molar-refractivity contribution in [2.45, 2.75) is 18.9 Å². The monoisotopic (exact) mass is 239 g/mol. The maximum atomic E-state index is 11.9. The highest BCUT2D eigenvalue weighted by molar-refractivity contribution is 5.93. The molecule has 2 aromatic rings. The van der Waals surface area contributed by atoms with Crippen LogP contribution in [-0.2, 0) is 0 Å². The second kappa shape index (κ2) is 4.56. The van der Waals surface area contributed by atoms with Crippen molar-refractivity contribution in [1.29, 1.82) is 0 Å². The number of carbonyl (C=O) groups excluding carboxylic acids is 1. The molecule has 1 fully saturated rings. The molecule has 1 N–H and O–H groups in total. The number of hydrogen-bond acceptors (Lipinski definition) is 3. The summed E-state index contributed by atoms with van der Waals surface area (Å²) in [6.45, 7) is 0. The van der Waals surface area contributed by atoms with E-state index in [1.54, 1.807) is 24.7 Å². The Kier molecular flexibility index (Phi) is 2.76. The molecule has 3 rings (SSSR count). The molecule has 0 unspecified atom stereocenters. The Labute approximate surface area is 105 Å². The summed E-state index contributed by atoms with van der Waals surface area (Å²) in [5.74, 6) is -0.0942. The molecular weight excluding hydrogens is 226 g/mol. The van der Waals surface area contributed by atoms with E-state index in [4.69, 9.17) is 0 Å². The zero-order valence-corrected chi connectivity index (χ0v) is 9.84. The van der Waals surface area contributed by atoms with Crippen molar-refractivity contribution in [3.05, 3.63) is 48.5 Å². The molecule has 1 amide bonds. The van der Waals surface area contributed by atoms with Gasteiger partial charge >= 0.3 is 0 Å². The van der Waals surface area contributed by atoms with Gasteiger partial charge in [0, 0.05) is 30.2 Å². The Morgan fingerprint density at radius 1 is 1.22 bits per heavy atom. The standard InChI is InChI=1S/C14H13N3O/c18-14(17-12-3-4-12)13-8-10(5-7-16-13)11-2-1-6-15-9-11/h1-2,5-9,12H,3-4H2,(H,17,18). The fourth-order valence-corrected chi connectivity index (χ4v) is 1.75. The van der Waals surface area contributed by atoms with E-state index in [1.807, 2.05) is 18.2 Å². The van der Waals surface area contributed by atoms with Gasteiger partial charge in [0.2, 0.25) is 0 Å². The van der Waals surface area contributed by atoms with Gasteiger partial charge in [-0.15, -0.1) is 0 Å². The van der Waals surface area contributed by atoms with E-state index >= 15 is 0 Å². The Hall–Kier alpha value is -2.23. The maximum absolute atomic E-state index is 11.9. The molecule has 0 radical (unpaired) electrons. The molecule has 0 aliphatic heterocycles. The van der Waals surface area contributed by atoms with Crippen LogP contribution in [-0.4, -0.2) is 21.9 Å². The van der Waals surface area contributed by atoms with Gasteiger partial charge in [0.05, 0.1) is 0 Å². The smallest absolute Gasteiger partial charge is 0.270 e. The number of aromatic nitrogens is 2. The predicted molar refractivity (Wildman–Crippen MR) is 68.0 cm³/mol. The van der Waals surface area contributed by atoms with Crippen LogP contribution in [0.1, 0.15) is 23.3 Å². The number of nitrogens with one attached hydrogen (secondary N) is 1. The second-order valence-electron chi connectivity index (χ2n) is 4.42. The maximum Gasteiger partial charge on any atom is 0.270 e. The zero-order valence-electron chi connectivity index (χ0n) is 9.84. The van der Waals surface area contributed by atoms with Gasteiger partial charge in [-0.1, -0.05) is 6.07 Å².